The summed E-state index contributed by atoms with van der Waals surface area (Å²) in [6.45, 7) is 5.42. The van der Waals surface area contributed by atoms with Gasteiger partial charge in [0, 0.05) is 12.3 Å². The van der Waals surface area contributed by atoms with E-state index in [1.165, 1.54) is 26.0 Å². The molecule has 36 heavy (non-hydrogen) atoms. The van der Waals surface area contributed by atoms with E-state index in [4.69, 9.17) is 18.5 Å². The van der Waals surface area contributed by atoms with Gasteiger partial charge in [-0.05, 0) is 39.8 Å². The summed E-state index contributed by atoms with van der Waals surface area (Å²) in [6, 6.07) is 8.02. The normalized spacial score (nSPS) is 26.4. The molecule has 0 saturated carbocycles. The Hall–Kier alpha value is -2.80. The lowest BCUT2D eigenvalue weighted by atomic mass is 9.96. The monoisotopic (exact) mass is 527 g/mol. The van der Waals surface area contributed by atoms with E-state index in [0.717, 1.165) is 16.8 Å². The van der Waals surface area contributed by atoms with Gasteiger partial charge in [-0.3, -0.25) is 23.7 Å². The number of hydrogen-bond acceptors (Lipinski definition) is 10. The molecule has 0 unspecified atom stereocenters. The quantitative estimate of drug-likeness (QED) is 0.252. The Morgan fingerprint density at radius 1 is 1.25 bits per heavy atom. The van der Waals surface area contributed by atoms with Crippen LogP contribution in [0.2, 0.25) is 0 Å². The summed E-state index contributed by atoms with van der Waals surface area (Å²) in [7, 11) is -4.26. The lowest BCUT2D eigenvalue weighted by molar-refractivity contribution is -0.149. The highest BCUT2D eigenvalue weighted by Gasteiger charge is 2.54. The number of aromatic amines is 1. The van der Waals surface area contributed by atoms with Crippen LogP contribution in [0.25, 0.3) is 0 Å². The second-order valence-electron chi connectivity index (χ2n) is 8.75. The fourth-order valence-corrected chi connectivity index (χ4v) is 5.00. The molecule has 0 radical (unpaired) electrons. The van der Waals surface area contributed by atoms with Crippen molar-refractivity contribution in [3.63, 3.8) is 0 Å². The van der Waals surface area contributed by atoms with Gasteiger partial charge in [-0.1, -0.05) is 18.2 Å². The summed E-state index contributed by atoms with van der Waals surface area (Å²) in [6.07, 6.45) is -3.54. The van der Waals surface area contributed by atoms with E-state index >= 15 is 0 Å². The van der Waals surface area contributed by atoms with Gasteiger partial charge in [0.2, 0.25) is 0 Å². The van der Waals surface area contributed by atoms with Gasteiger partial charge in [0.25, 0.3) is 5.56 Å². The molecule has 1 aliphatic heterocycles. The Labute approximate surface area is 206 Å². The maximum absolute atomic E-state index is 13.6. The molecule has 0 bridgehead atoms. The summed E-state index contributed by atoms with van der Waals surface area (Å²) in [5, 5.41) is 24.0. The molecule has 14 heteroatoms. The van der Waals surface area contributed by atoms with Gasteiger partial charge in [0.1, 0.15) is 29.6 Å². The topological polar surface area (TPSA) is 178 Å². The van der Waals surface area contributed by atoms with Crippen LogP contribution in [0.15, 0.2) is 52.2 Å². The van der Waals surface area contributed by atoms with Crippen LogP contribution < -0.4 is 20.9 Å². The van der Waals surface area contributed by atoms with Crippen LogP contribution in [-0.2, 0) is 23.4 Å². The van der Waals surface area contributed by atoms with Crippen LogP contribution in [0, 0.1) is 0 Å². The number of nitrogens with zero attached hydrogens (tertiary/aromatic N) is 1. The third kappa shape index (κ3) is 6.49. The maximum Gasteiger partial charge on any atom is 0.459 e. The molecular weight excluding hydrogens is 497 g/mol. The Kier molecular flexibility index (Phi) is 8.55. The summed E-state index contributed by atoms with van der Waals surface area (Å²) in [5.74, 6) is -0.515. The zero-order valence-electron chi connectivity index (χ0n) is 20.2. The lowest BCUT2D eigenvalue weighted by Gasteiger charge is -2.27. The van der Waals surface area contributed by atoms with Gasteiger partial charge in [-0.2, -0.15) is 5.09 Å². The summed E-state index contributed by atoms with van der Waals surface area (Å²) in [4.78, 5) is 37.9. The Balaban J connectivity index is 1.80. The number of carbonyl (C=O) groups excluding carboxylic acids is 1. The number of aliphatic hydroxyl groups is 2. The third-order valence-electron chi connectivity index (χ3n) is 5.29. The van der Waals surface area contributed by atoms with Crippen LogP contribution in [0.3, 0.4) is 0 Å². The maximum atomic E-state index is 13.6. The molecule has 2 aromatic rings. The number of esters is 1. The first-order chi connectivity index (χ1) is 16.8. The highest BCUT2D eigenvalue weighted by molar-refractivity contribution is 7.52. The minimum absolute atomic E-state index is 0.176. The van der Waals surface area contributed by atoms with Crippen molar-refractivity contribution in [3.05, 3.63) is 63.4 Å². The second kappa shape index (κ2) is 11.1. The molecule has 0 aliphatic carbocycles. The van der Waals surface area contributed by atoms with Crippen molar-refractivity contribution in [3.8, 4) is 5.75 Å². The fraction of sp³-hybridized carbons (Fsp3) is 0.500. The standard InChI is InChI=1S/C22H30N3O10P/c1-13(2)33-19(28)14(3)24-36(31,35-15-8-6-5-7-9-15)32-12-16-18(27)22(4,30)20(34-16)25-11-10-17(26)23-21(25)29/h5-11,13-14,16,18,20,27,30H,12H2,1-4H3,(H,24,31)(H,23,26,29)/t14-,16+,18+,20+,22+,36-/m0/s1. The van der Waals surface area contributed by atoms with Crippen LogP contribution in [-0.4, -0.2) is 62.3 Å². The molecule has 1 fully saturated rings. The first-order valence-corrected chi connectivity index (χ1v) is 12.7. The molecule has 198 valence electrons. The number of aromatic nitrogens is 2. The molecule has 1 aromatic heterocycles. The van der Waals surface area contributed by atoms with Crippen molar-refractivity contribution in [1.82, 2.24) is 14.6 Å². The van der Waals surface area contributed by atoms with Gasteiger partial charge >= 0.3 is 19.4 Å². The number of para-hydroxylation sites is 1. The second-order valence-corrected chi connectivity index (χ2v) is 10.4. The van der Waals surface area contributed by atoms with Crippen molar-refractivity contribution in [2.75, 3.05) is 6.61 Å². The van der Waals surface area contributed by atoms with E-state index in [1.807, 2.05) is 4.98 Å². The lowest BCUT2D eigenvalue weighted by Crippen LogP contribution is -2.47. The number of nitrogens with one attached hydrogen (secondary N) is 2. The van der Waals surface area contributed by atoms with E-state index in [1.54, 1.807) is 32.0 Å². The van der Waals surface area contributed by atoms with Crippen molar-refractivity contribution >= 4 is 13.7 Å². The number of H-pyrrole nitrogens is 1. The van der Waals surface area contributed by atoms with E-state index in [2.05, 4.69) is 5.09 Å². The molecular formula is C22H30N3O10P. The molecule has 1 aromatic carbocycles. The SMILES string of the molecule is CC(C)OC(=O)[C@H](C)N[P@](=O)(OC[C@H]1O[C@@H](n2ccc(=O)[nH]c2=O)[C@](C)(O)[C@@H]1O)Oc1ccccc1. The minimum atomic E-state index is -4.26. The molecule has 13 nitrogen and oxygen atoms in total. The first kappa shape index (κ1) is 27.8. The number of benzene rings is 1. The van der Waals surface area contributed by atoms with Crippen molar-refractivity contribution in [2.45, 2.75) is 63.9 Å². The zero-order chi connectivity index (χ0) is 26.7. The molecule has 6 atom stereocenters. The summed E-state index contributed by atoms with van der Waals surface area (Å²) in [5.41, 5.74) is -3.49. The minimum Gasteiger partial charge on any atom is -0.462 e. The Morgan fingerprint density at radius 2 is 1.92 bits per heavy atom. The van der Waals surface area contributed by atoms with Crippen molar-refractivity contribution in [1.29, 1.82) is 0 Å². The molecule has 4 N–H and O–H groups in total. The molecule has 0 amide bonds. The van der Waals surface area contributed by atoms with Gasteiger partial charge in [0.15, 0.2) is 6.23 Å². The number of rotatable bonds is 10. The molecule has 1 aliphatic rings. The van der Waals surface area contributed by atoms with Gasteiger partial charge in [0.05, 0.1) is 12.7 Å². The molecule has 1 saturated heterocycles. The number of aliphatic hydroxyl groups excluding tert-OH is 1. The van der Waals surface area contributed by atoms with Crippen LogP contribution >= 0.6 is 7.75 Å². The smallest absolute Gasteiger partial charge is 0.459 e. The van der Waals surface area contributed by atoms with E-state index in [-0.39, 0.29) is 5.75 Å². The summed E-state index contributed by atoms with van der Waals surface area (Å²) >= 11 is 0. The average molecular weight is 527 g/mol. The number of carbonyl (C=O) groups is 1. The molecule has 0 spiro atoms. The highest BCUT2D eigenvalue weighted by Crippen LogP contribution is 2.46. The highest BCUT2D eigenvalue weighted by atomic mass is 31.2. The van der Waals surface area contributed by atoms with Gasteiger partial charge in [-0.25, -0.2) is 9.36 Å². The predicted octanol–water partition coefficient (Wildman–Crippen LogP) is 0.679. The van der Waals surface area contributed by atoms with Crippen molar-refractivity contribution < 1.29 is 38.1 Å². The van der Waals surface area contributed by atoms with Crippen molar-refractivity contribution in [2.24, 2.45) is 0 Å². The van der Waals surface area contributed by atoms with E-state index in [9.17, 15) is 29.2 Å². The number of hydrogen-bond donors (Lipinski definition) is 4. The van der Waals surface area contributed by atoms with Crippen LogP contribution in [0.5, 0.6) is 5.75 Å². The third-order valence-corrected chi connectivity index (χ3v) is 6.94. The Bertz CT molecular complexity index is 1210. The average Bonchev–Trinajstić information content (AvgIpc) is 3.01. The molecule has 2 heterocycles. The largest absolute Gasteiger partial charge is 0.462 e. The predicted molar refractivity (Wildman–Crippen MR) is 126 cm³/mol. The number of ether oxygens (including phenoxy) is 2. The van der Waals surface area contributed by atoms with Gasteiger partial charge < -0.3 is 24.2 Å². The van der Waals surface area contributed by atoms with E-state index in [0.29, 0.717) is 0 Å². The zero-order valence-corrected chi connectivity index (χ0v) is 21.1. The van der Waals surface area contributed by atoms with Crippen LogP contribution in [0.1, 0.15) is 33.9 Å². The van der Waals surface area contributed by atoms with Crippen LogP contribution in [0.4, 0.5) is 0 Å². The first-order valence-electron chi connectivity index (χ1n) is 11.2. The molecule has 3 rings (SSSR count). The van der Waals surface area contributed by atoms with E-state index < -0.39 is 67.8 Å². The Morgan fingerprint density at radius 3 is 2.53 bits per heavy atom. The van der Waals surface area contributed by atoms with Gasteiger partial charge in [-0.15, -0.1) is 0 Å². The summed E-state index contributed by atoms with van der Waals surface area (Å²) < 4.78 is 36.3. The fourth-order valence-electron chi connectivity index (χ4n) is 3.50.